The van der Waals surface area contributed by atoms with E-state index >= 15 is 0 Å². The lowest BCUT2D eigenvalue weighted by Gasteiger charge is -2.44. The van der Waals surface area contributed by atoms with Gasteiger partial charge < -0.3 is 14.8 Å². The highest BCUT2D eigenvalue weighted by Gasteiger charge is 2.46. The molecule has 2 aliphatic heterocycles. The third-order valence-electron chi connectivity index (χ3n) is 5.81. The zero-order valence-corrected chi connectivity index (χ0v) is 17.6. The Labute approximate surface area is 174 Å². The number of nitrogens with zero attached hydrogens (tertiary/aromatic N) is 2. The van der Waals surface area contributed by atoms with E-state index in [1.54, 1.807) is 19.2 Å². The summed E-state index contributed by atoms with van der Waals surface area (Å²) in [5, 5.41) is 3.46. The van der Waals surface area contributed by atoms with Crippen LogP contribution in [0.5, 0.6) is 0 Å². The largest absolute Gasteiger partial charge is 0.377 e. The van der Waals surface area contributed by atoms with Crippen molar-refractivity contribution in [1.29, 1.82) is 0 Å². The smallest absolute Gasteiger partial charge is 0.240 e. The number of benzene rings is 1. The molecule has 3 heterocycles. The van der Waals surface area contributed by atoms with Crippen molar-refractivity contribution in [3.8, 4) is 11.3 Å². The third-order valence-corrected chi connectivity index (χ3v) is 6.69. The number of thiazole rings is 1. The van der Waals surface area contributed by atoms with Gasteiger partial charge in [-0.05, 0) is 50.5 Å². The predicted octanol–water partition coefficient (Wildman–Crippen LogP) is 3.47. The van der Waals surface area contributed by atoms with Gasteiger partial charge in [0.2, 0.25) is 5.91 Å². The fourth-order valence-electron chi connectivity index (χ4n) is 4.29. The van der Waals surface area contributed by atoms with Crippen LogP contribution in [0.15, 0.2) is 24.3 Å². The molecule has 1 N–H and O–H groups in total. The van der Waals surface area contributed by atoms with E-state index in [-0.39, 0.29) is 23.4 Å². The molecule has 4 rings (SSSR count). The lowest BCUT2D eigenvalue weighted by Crippen LogP contribution is -2.57. The molecule has 1 amide bonds. The van der Waals surface area contributed by atoms with Gasteiger partial charge in [0.25, 0.3) is 0 Å². The first-order valence-corrected chi connectivity index (χ1v) is 10.7. The summed E-state index contributed by atoms with van der Waals surface area (Å²) in [6, 6.07) is 6.22. The first-order valence-electron chi connectivity index (χ1n) is 9.91. The van der Waals surface area contributed by atoms with Gasteiger partial charge in [0.1, 0.15) is 5.82 Å². The number of halogens is 1. The minimum Gasteiger partial charge on any atom is -0.377 e. The summed E-state index contributed by atoms with van der Waals surface area (Å²) in [7, 11) is 1.72. The first kappa shape index (κ1) is 20.4. The van der Waals surface area contributed by atoms with Gasteiger partial charge in [-0.25, -0.2) is 9.37 Å². The van der Waals surface area contributed by atoms with Gasteiger partial charge in [0.05, 0.1) is 23.9 Å². The summed E-state index contributed by atoms with van der Waals surface area (Å²) in [5.41, 5.74) is 1.42. The van der Waals surface area contributed by atoms with Crippen LogP contribution in [0.1, 0.15) is 24.1 Å². The Bertz CT molecular complexity index is 865. The molecule has 2 fully saturated rings. The molecule has 0 radical (unpaired) electrons. The van der Waals surface area contributed by atoms with Crippen molar-refractivity contribution in [3.05, 3.63) is 35.0 Å². The Balaban J connectivity index is 1.37. The van der Waals surface area contributed by atoms with Gasteiger partial charge in [0, 0.05) is 37.2 Å². The normalized spacial score (nSPS) is 24.9. The molecule has 0 bridgehead atoms. The molecule has 2 atom stereocenters. The molecular formula is C21H26FN3O3S. The lowest BCUT2D eigenvalue weighted by atomic mass is 9.86. The van der Waals surface area contributed by atoms with Crippen LogP contribution in [0.3, 0.4) is 0 Å². The standard InChI is InChI=1S/C21H26FN3O3S/c1-14-19(15-4-6-16(22)7-5-15)24-20(29-14)23-18(26)13-25-10-9-21(8-3-11-28-21)17(12-25)27-2/h4-7,17H,3,8-13H2,1-2H3,(H,23,24,26)/t17-,21-/m0/s1. The maximum atomic E-state index is 13.2. The van der Waals surface area contributed by atoms with Crippen LogP contribution in [0, 0.1) is 12.7 Å². The van der Waals surface area contributed by atoms with Gasteiger partial charge in [-0.15, -0.1) is 11.3 Å². The predicted molar refractivity (Wildman–Crippen MR) is 111 cm³/mol. The second kappa shape index (κ2) is 8.47. The number of piperidine rings is 1. The SMILES string of the molecule is CO[C@H]1CN(CC(=O)Nc2nc(-c3ccc(F)cc3)c(C)s2)CC[C@@]12CCCO2. The number of aryl methyl sites for hydroxylation is 1. The van der Waals surface area contributed by atoms with E-state index in [0.717, 1.165) is 48.5 Å². The molecule has 2 aromatic rings. The molecule has 1 spiro atoms. The van der Waals surface area contributed by atoms with Crippen molar-refractivity contribution in [2.45, 2.75) is 37.9 Å². The van der Waals surface area contributed by atoms with Crippen LogP contribution in [-0.2, 0) is 14.3 Å². The molecule has 0 aliphatic carbocycles. The van der Waals surface area contributed by atoms with Crippen molar-refractivity contribution in [2.24, 2.45) is 0 Å². The van der Waals surface area contributed by atoms with Crippen LogP contribution in [0.4, 0.5) is 9.52 Å². The number of methoxy groups -OCH3 is 1. The minimum absolute atomic E-state index is 0.0151. The van der Waals surface area contributed by atoms with E-state index in [0.29, 0.717) is 18.2 Å². The highest BCUT2D eigenvalue weighted by Crippen LogP contribution is 2.37. The van der Waals surface area contributed by atoms with Crippen LogP contribution < -0.4 is 5.32 Å². The minimum atomic E-state index is -0.282. The van der Waals surface area contributed by atoms with Gasteiger partial charge in [-0.2, -0.15) is 0 Å². The number of nitrogens with one attached hydrogen (secondary N) is 1. The van der Waals surface area contributed by atoms with E-state index in [4.69, 9.17) is 9.47 Å². The van der Waals surface area contributed by atoms with Gasteiger partial charge >= 0.3 is 0 Å². The fourth-order valence-corrected chi connectivity index (χ4v) is 5.14. The van der Waals surface area contributed by atoms with Crippen LogP contribution in [0.25, 0.3) is 11.3 Å². The number of ether oxygens (including phenoxy) is 2. The Morgan fingerprint density at radius 3 is 2.90 bits per heavy atom. The Morgan fingerprint density at radius 2 is 2.21 bits per heavy atom. The second-order valence-electron chi connectivity index (χ2n) is 7.71. The molecule has 156 valence electrons. The highest BCUT2D eigenvalue weighted by atomic mass is 32.1. The second-order valence-corrected chi connectivity index (χ2v) is 8.91. The first-order chi connectivity index (χ1) is 14.0. The van der Waals surface area contributed by atoms with Crippen LogP contribution in [0.2, 0.25) is 0 Å². The number of carbonyl (C=O) groups excluding carboxylic acids is 1. The van der Waals surface area contributed by atoms with E-state index in [9.17, 15) is 9.18 Å². The zero-order valence-electron chi connectivity index (χ0n) is 16.7. The molecule has 2 saturated heterocycles. The van der Waals surface area contributed by atoms with E-state index in [1.807, 2.05) is 6.92 Å². The Kier molecular flexibility index (Phi) is 5.96. The number of anilines is 1. The van der Waals surface area contributed by atoms with Crippen molar-refractivity contribution in [1.82, 2.24) is 9.88 Å². The molecule has 2 aliphatic rings. The third kappa shape index (κ3) is 4.35. The van der Waals surface area contributed by atoms with E-state index in [2.05, 4.69) is 15.2 Å². The molecule has 8 heteroatoms. The van der Waals surface area contributed by atoms with Crippen molar-refractivity contribution in [3.63, 3.8) is 0 Å². The summed E-state index contributed by atoms with van der Waals surface area (Å²) in [6.45, 7) is 4.52. The summed E-state index contributed by atoms with van der Waals surface area (Å²) in [6.07, 6.45) is 2.96. The number of amides is 1. The van der Waals surface area contributed by atoms with Crippen LogP contribution >= 0.6 is 11.3 Å². The summed E-state index contributed by atoms with van der Waals surface area (Å²) in [4.78, 5) is 20.2. The average Bonchev–Trinajstić information content (AvgIpc) is 3.31. The van der Waals surface area contributed by atoms with Gasteiger partial charge in [-0.1, -0.05) is 0 Å². The quantitative estimate of drug-likeness (QED) is 0.804. The Hall–Kier alpha value is -1.87. The monoisotopic (exact) mass is 419 g/mol. The lowest BCUT2D eigenvalue weighted by molar-refractivity contribution is -0.145. The maximum absolute atomic E-state index is 13.2. The number of rotatable bonds is 5. The van der Waals surface area contributed by atoms with Crippen molar-refractivity contribution >= 4 is 22.4 Å². The van der Waals surface area contributed by atoms with Gasteiger partial charge in [-0.3, -0.25) is 9.69 Å². The summed E-state index contributed by atoms with van der Waals surface area (Å²) >= 11 is 1.42. The molecule has 29 heavy (non-hydrogen) atoms. The number of carbonyl (C=O) groups is 1. The average molecular weight is 420 g/mol. The number of hydrogen-bond donors (Lipinski definition) is 1. The molecule has 0 unspecified atom stereocenters. The number of likely N-dealkylation sites (tertiary alicyclic amines) is 1. The topological polar surface area (TPSA) is 63.7 Å². The number of hydrogen-bond acceptors (Lipinski definition) is 6. The van der Waals surface area contributed by atoms with E-state index < -0.39 is 0 Å². The molecular weight excluding hydrogens is 393 g/mol. The van der Waals surface area contributed by atoms with Gasteiger partial charge in [0.15, 0.2) is 5.13 Å². The van der Waals surface area contributed by atoms with Crippen molar-refractivity contribution < 1.29 is 18.7 Å². The fraction of sp³-hybridized carbons (Fsp3) is 0.524. The van der Waals surface area contributed by atoms with Crippen LogP contribution in [-0.4, -0.2) is 60.8 Å². The molecule has 1 aromatic heterocycles. The summed E-state index contributed by atoms with van der Waals surface area (Å²) < 4.78 is 24.9. The molecule has 1 aromatic carbocycles. The maximum Gasteiger partial charge on any atom is 0.240 e. The van der Waals surface area contributed by atoms with Crippen molar-refractivity contribution in [2.75, 3.05) is 38.7 Å². The summed E-state index contributed by atoms with van der Waals surface area (Å²) in [5.74, 6) is -0.376. The number of aromatic nitrogens is 1. The zero-order chi connectivity index (χ0) is 20.4. The molecule has 0 saturated carbocycles. The van der Waals surface area contributed by atoms with E-state index in [1.165, 1.54) is 23.5 Å². The molecule has 6 nitrogen and oxygen atoms in total. The highest BCUT2D eigenvalue weighted by molar-refractivity contribution is 7.16. The Morgan fingerprint density at radius 1 is 1.41 bits per heavy atom.